The van der Waals surface area contributed by atoms with Crippen LogP contribution in [0.2, 0.25) is 5.02 Å². The van der Waals surface area contributed by atoms with Gasteiger partial charge in [0.15, 0.2) is 0 Å². The largest absolute Gasteiger partial charge is 0.372 e. The van der Waals surface area contributed by atoms with Crippen molar-refractivity contribution in [2.24, 2.45) is 5.73 Å². The Kier molecular flexibility index (Phi) is 4.95. The molecule has 1 aromatic rings. The second-order valence-corrected chi connectivity index (χ2v) is 6.55. The van der Waals surface area contributed by atoms with Gasteiger partial charge in [-0.3, -0.25) is 0 Å². The molecular formula is C16H25ClN2O. The topological polar surface area (TPSA) is 38.5 Å². The minimum Gasteiger partial charge on any atom is -0.372 e. The van der Waals surface area contributed by atoms with Gasteiger partial charge in [-0.25, -0.2) is 0 Å². The molecule has 0 radical (unpaired) electrons. The maximum absolute atomic E-state index is 6.41. The molecule has 0 saturated carbocycles. The third-order valence-electron chi connectivity index (χ3n) is 3.85. The van der Waals surface area contributed by atoms with Crippen molar-refractivity contribution < 1.29 is 4.74 Å². The third kappa shape index (κ3) is 3.66. The SMILES string of the molecule is CCC(N)Cc1c(Cl)cccc1N1CCOC(C)(C)C1. The quantitative estimate of drug-likeness (QED) is 0.927. The van der Waals surface area contributed by atoms with E-state index in [1.54, 1.807) is 0 Å². The lowest BCUT2D eigenvalue weighted by atomic mass is 10.00. The van der Waals surface area contributed by atoms with Crippen LogP contribution in [0.3, 0.4) is 0 Å². The number of benzene rings is 1. The van der Waals surface area contributed by atoms with Gasteiger partial charge in [-0.05, 0) is 44.4 Å². The number of nitrogens with two attached hydrogens (primary N) is 1. The van der Waals surface area contributed by atoms with Crippen LogP contribution in [0, 0.1) is 0 Å². The normalized spacial score (nSPS) is 19.9. The van der Waals surface area contributed by atoms with Crippen LogP contribution < -0.4 is 10.6 Å². The zero-order valence-electron chi connectivity index (χ0n) is 12.7. The highest BCUT2D eigenvalue weighted by molar-refractivity contribution is 6.31. The summed E-state index contributed by atoms with van der Waals surface area (Å²) < 4.78 is 5.79. The third-order valence-corrected chi connectivity index (χ3v) is 4.21. The molecule has 0 aromatic heterocycles. The van der Waals surface area contributed by atoms with Gasteiger partial charge in [-0.15, -0.1) is 0 Å². The van der Waals surface area contributed by atoms with Gasteiger partial charge in [0.1, 0.15) is 0 Å². The Labute approximate surface area is 127 Å². The molecule has 20 heavy (non-hydrogen) atoms. The summed E-state index contributed by atoms with van der Waals surface area (Å²) >= 11 is 6.41. The van der Waals surface area contributed by atoms with Gasteiger partial charge < -0.3 is 15.4 Å². The molecule has 1 atom stereocenters. The minimum atomic E-state index is -0.120. The van der Waals surface area contributed by atoms with E-state index >= 15 is 0 Å². The molecule has 3 nitrogen and oxygen atoms in total. The lowest BCUT2D eigenvalue weighted by Crippen LogP contribution is -2.48. The molecule has 0 spiro atoms. The number of halogens is 1. The molecule has 1 fully saturated rings. The smallest absolute Gasteiger partial charge is 0.0801 e. The van der Waals surface area contributed by atoms with Crippen LogP contribution >= 0.6 is 11.6 Å². The summed E-state index contributed by atoms with van der Waals surface area (Å²) in [5.41, 5.74) is 8.38. The molecule has 4 heteroatoms. The molecule has 0 aliphatic carbocycles. The highest BCUT2D eigenvalue weighted by atomic mass is 35.5. The van der Waals surface area contributed by atoms with Crippen molar-refractivity contribution in [1.82, 2.24) is 0 Å². The van der Waals surface area contributed by atoms with E-state index in [1.165, 1.54) is 11.3 Å². The van der Waals surface area contributed by atoms with E-state index in [4.69, 9.17) is 22.1 Å². The molecule has 1 saturated heterocycles. The van der Waals surface area contributed by atoms with Crippen molar-refractivity contribution in [2.75, 3.05) is 24.6 Å². The van der Waals surface area contributed by atoms with Gasteiger partial charge in [0.2, 0.25) is 0 Å². The maximum Gasteiger partial charge on any atom is 0.0801 e. The van der Waals surface area contributed by atoms with E-state index in [1.807, 2.05) is 12.1 Å². The van der Waals surface area contributed by atoms with Crippen LogP contribution in [-0.2, 0) is 11.2 Å². The summed E-state index contributed by atoms with van der Waals surface area (Å²) in [6.07, 6.45) is 1.78. The van der Waals surface area contributed by atoms with Gasteiger partial charge >= 0.3 is 0 Å². The monoisotopic (exact) mass is 296 g/mol. The summed E-state index contributed by atoms with van der Waals surface area (Å²) in [6, 6.07) is 6.27. The fourth-order valence-corrected chi connectivity index (χ4v) is 2.92. The molecule has 2 N–H and O–H groups in total. The van der Waals surface area contributed by atoms with Gasteiger partial charge in [0, 0.05) is 29.8 Å². The van der Waals surface area contributed by atoms with Gasteiger partial charge in [-0.2, -0.15) is 0 Å². The fraction of sp³-hybridized carbons (Fsp3) is 0.625. The van der Waals surface area contributed by atoms with E-state index < -0.39 is 0 Å². The van der Waals surface area contributed by atoms with Crippen LogP contribution in [0.1, 0.15) is 32.8 Å². The molecule has 1 heterocycles. The standard InChI is InChI=1S/C16H25ClN2O/c1-4-12(18)10-13-14(17)6-5-7-15(13)19-8-9-20-16(2,3)11-19/h5-7,12H,4,8-11,18H2,1-3H3. The summed E-state index contributed by atoms with van der Waals surface area (Å²) in [5, 5.41) is 0.815. The van der Waals surface area contributed by atoms with E-state index in [9.17, 15) is 0 Å². The van der Waals surface area contributed by atoms with Gasteiger partial charge in [-0.1, -0.05) is 24.6 Å². The van der Waals surface area contributed by atoms with Crippen LogP contribution in [0.5, 0.6) is 0 Å². The predicted molar refractivity (Wildman–Crippen MR) is 85.7 cm³/mol. The number of rotatable bonds is 4. The molecule has 1 aliphatic rings. The number of hydrogen-bond acceptors (Lipinski definition) is 3. The zero-order valence-corrected chi connectivity index (χ0v) is 13.4. The Morgan fingerprint density at radius 3 is 2.85 bits per heavy atom. The number of nitrogens with zero attached hydrogens (tertiary/aromatic N) is 1. The van der Waals surface area contributed by atoms with Gasteiger partial charge in [0.25, 0.3) is 0 Å². The average molecular weight is 297 g/mol. The van der Waals surface area contributed by atoms with Crippen molar-refractivity contribution in [2.45, 2.75) is 45.3 Å². The lowest BCUT2D eigenvalue weighted by molar-refractivity contribution is -0.0277. The Morgan fingerprint density at radius 2 is 2.20 bits per heavy atom. The number of ether oxygens (including phenoxy) is 1. The van der Waals surface area contributed by atoms with Crippen molar-refractivity contribution in [3.05, 3.63) is 28.8 Å². The molecule has 112 valence electrons. The lowest BCUT2D eigenvalue weighted by Gasteiger charge is -2.40. The second-order valence-electron chi connectivity index (χ2n) is 6.14. The minimum absolute atomic E-state index is 0.120. The van der Waals surface area contributed by atoms with Crippen LogP contribution in [-0.4, -0.2) is 31.3 Å². The first-order valence-electron chi connectivity index (χ1n) is 7.35. The molecule has 1 unspecified atom stereocenters. The highest BCUT2D eigenvalue weighted by Crippen LogP contribution is 2.31. The second kappa shape index (κ2) is 6.33. The van der Waals surface area contributed by atoms with Crippen LogP contribution in [0.25, 0.3) is 0 Å². The predicted octanol–water partition coefficient (Wildman–Crippen LogP) is 3.24. The van der Waals surface area contributed by atoms with E-state index in [0.717, 1.165) is 37.6 Å². The first-order valence-corrected chi connectivity index (χ1v) is 7.72. The molecule has 2 rings (SSSR count). The van der Waals surface area contributed by atoms with Crippen LogP contribution in [0.4, 0.5) is 5.69 Å². The van der Waals surface area contributed by atoms with E-state index in [0.29, 0.717) is 0 Å². The van der Waals surface area contributed by atoms with Crippen molar-refractivity contribution in [1.29, 1.82) is 0 Å². The molecule has 0 bridgehead atoms. The number of hydrogen-bond donors (Lipinski definition) is 1. The summed E-state index contributed by atoms with van der Waals surface area (Å²) in [7, 11) is 0. The molecular weight excluding hydrogens is 272 g/mol. The maximum atomic E-state index is 6.41. The first-order chi connectivity index (χ1) is 9.43. The molecule has 1 aliphatic heterocycles. The Morgan fingerprint density at radius 1 is 1.45 bits per heavy atom. The Hall–Kier alpha value is -0.770. The summed E-state index contributed by atoms with van der Waals surface area (Å²) in [4.78, 5) is 2.37. The Bertz CT molecular complexity index is 462. The van der Waals surface area contributed by atoms with Crippen molar-refractivity contribution in [3.63, 3.8) is 0 Å². The molecule has 0 amide bonds. The van der Waals surface area contributed by atoms with Gasteiger partial charge in [0.05, 0.1) is 12.2 Å². The summed E-state index contributed by atoms with van der Waals surface area (Å²) in [6.45, 7) is 8.89. The first kappa shape index (κ1) is 15.6. The number of anilines is 1. The van der Waals surface area contributed by atoms with E-state index in [-0.39, 0.29) is 11.6 Å². The van der Waals surface area contributed by atoms with E-state index in [2.05, 4.69) is 31.7 Å². The molecule has 1 aromatic carbocycles. The number of morpholine rings is 1. The summed E-state index contributed by atoms with van der Waals surface area (Å²) in [5.74, 6) is 0. The fourth-order valence-electron chi connectivity index (χ4n) is 2.67. The highest BCUT2D eigenvalue weighted by Gasteiger charge is 2.28. The van der Waals surface area contributed by atoms with Crippen molar-refractivity contribution in [3.8, 4) is 0 Å². The zero-order chi connectivity index (χ0) is 14.8. The van der Waals surface area contributed by atoms with Crippen LogP contribution in [0.15, 0.2) is 18.2 Å². The van der Waals surface area contributed by atoms with Crippen molar-refractivity contribution >= 4 is 17.3 Å². The Balaban J connectivity index is 2.28. The average Bonchev–Trinajstić information content (AvgIpc) is 2.39.